The molecule has 100 valence electrons. The largest absolute Gasteiger partial charge is 0.324 e. The zero-order valence-electron chi connectivity index (χ0n) is 10.5. The molecular weight excluding hydrogens is 284 g/mol. The molecule has 0 aliphatic heterocycles. The van der Waals surface area contributed by atoms with E-state index in [4.69, 9.17) is 28.9 Å². The summed E-state index contributed by atoms with van der Waals surface area (Å²) in [7, 11) is 0. The van der Waals surface area contributed by atoms with Crippen LogP contribution >= 0.6 is 23.2 Å². The van der Waals surface area contributed by atoms with Gasteiger partial charge in [0.1, 0.15) is 5.82 Å². The topological polar surface area (TPSA) is 26.0 Å². The van der Waals surface area contributed by atoms with E-state index in [0.29, 0.717) is 17.0 Å². The van der Waals surface area contributed by atoms with Gasteiger partial charge >= 0.3 is 0 Å². The van der Waals surface area contributed by atoms with Gasteiger partial charge in [-0.15, -0.1) is 0 Å². The zero-order valence-corrected chi connectivity index (χ0v) is 12.0. The van der Waals surface area contributed by atoms with E-state index in [1.54, 1.807) is 12.1 Å². The van der Waals surface area contributed by atoms with E-state index < -0.39 is 5.82 Å². The second kappa shape index (κ2) is 5.91. The molecule has 0 radical (unpaired) electrons. The number of benzene rings is 2. The predicted molar refractivity (Wildman–Crippen MR) is 78.2 cm³/mol. The normalized spacial score (nSPS) is 12.5. The summed E-state index contributed by atoms with van der Waals surface area (Å²) in [5, 5.41) is 0.814. The molecule has 0 heterocycles. The lowest BCUT2D eigenvalue weighted by atomic mass is 9.99. The molecule has 2 aromatic rings. The fourth-order valence-electron chi connectivity index (χ4n) is 1.90. The van der Waals surface area contributed by atoms with E-state index in [2.05, 4.69) is 0 Å². The van der Waals surface area contributed by atoms with Gasteiger partial charge in [-0.3, -0.25) is 0 Å². The van der Waals surface area contributed by atoms with Crippen molar-refractivity contribution < 1.29 is 4.39 Å². The lowest BCUT2D eigenvalue weighted by molar-refractivity contribution is 0.622. The van der Waals surface area contributed by atoms with Crippen molar-refractivity contribution in [1.29, 1.82) is 0 Å². The summed E-state index contributed by atoms with van der Waals surface area (Å²) >= 11 is 12.0. The number of rotatable bonds is 3. The van der Waals surface area contributed by atoms with Gasteiger partial charge in [-0.1, -0.05) is 47.5 Å². The quantitative estimate of drug-likeness (QED) is 0.874. The van der Waals surface area contributed by atoms with Gasteiger partial charge in [0.2, 0.25) is 0 Å². The van der Waals surface area contributed by atoms with Crippen LogP contribution in [0.2, 0.25) is 10.0 Å². The van der Waals surface area contributed by atoms with Crippen LogP contribution in [-0.4, -0.2) is 0 Å². The Morgan fingerprint density at radius 2 is 1.95 bits per heavy atom. The number of nitrogens with two attached hydrogens (primary N) is 1. The highest BCUT2D eigenvalue weighted by atomic mass is 35.5. The van der Waals surface area contributed by atoms with Gasteiger partial charge in [-0.05, 0) is 42.2 Å². The lowest BCUT2D eigenvalue weighted by Crippen LogP contribution is -2.14. The third kappa shape index (κ3) is 3.27. The first-order chi connectivity index (χ1) is 8.99. The van der Waals surface area contributed by atoms with Crippen LogP contribution in [0.1, 0.15) is 22.7 Å². The summed E-state index contributed by atoms with van der Waals surface area (Å²) < 4.78 is 13.4. The third-order valence-corrected chi connectivity index (χ3v) is 3.93. The SMILES string of the molecule is Cc1ccc(C(N)Cc2cccc(F)c2Cl)cc1Cl. The van der Waals surface area contributed by atoms with Crippen molar-refractivity contribution in [2.45, 2.75) is 19.4 Å². The van der Waals surface area contributed by atoms with Gasteiger partial charge in [0.15, 0.2) is 0 Å². The molecule has 2 N–H and O–H groups in total. The predicted octanol–water partition coefficient (Wildman–Crippen LogP) is 4.68. The Bertz CT molecular complexity index is 599. The molecule has 0 bridgehead atoms. The molecule has 0 saturated heterocycles. The monoisotopic (exact) mass is 297 g/mol. The summed E-state index contributed by atoms with van der Waals surface area (Å²) in [6.45, 7) is 1.93. The molecule has 0 amide bonds. The van der Waals surface area contributed by atoms with Crippen LogP contribution in [0, 0.1) is 12.7 Å². The van der Waals surface area contributed by atoms with E-state index in [-0.39, 0.29) is 11.1 Å². The average molecular weight is 298 g/mol. The molecule has 0 saturated carbocycles. The van der Waals surface area contributed by atoms with E-state index in [0.717, 1.165) is 11.1 Å². The molecular formula is C15H14Cl2FN. The minimum absolute atomic E-state index is 0.135. The van der Waals surface area contributed by atoms with Gasteiger partial charge in [-0.25, -0.2) is 4.39 Å². The molecule has 0 aromatic heterocycles. The van der Waals surface area contributed by atoms with Crippen molar-refractivity contribution >= 4 is 23.2 Å². The van der Waals surface area contributed by atoms with Crippen LogP contribution in [0.15, 0.2) is 36.4 Å². The van der Waals surface area contributed by atoms with E-state index in [9.17, 15) is 4.39 Å². The van der Waals surface area contributed by atoms with Crippen LogP contribution < -0.4 is 5.73 Å². The highest BCUT2D eigenvalue weighted by Gasteiger charge is 2.12. The molecule has 0 spiro atoms. The number of halogens is 3. The van der Waals surface area contributed by atoms with Gasteiger partial charge in [-0.2, -0.15) is 0 Å². The molecule has 4 heteroatoms. The van der Waals surface area contributed by atoms with E-state index >= 15 is 0 Å². The second-order valence-corrected chi connectivity index (χ2v) is 5.32. The van der Waals surface area contributed by atoms with Crippen molar-refractivity contribution in [1.82, 2.24) is 0 Å². The number of hydrogen-bond donors (Lipinski definition) is 1. The summed E-state index contributed by atoms with van der Waals surface area (Å²) in [5.41, 5.74) is 8.74. The summed E-state index contributed by atoms with van der Waals surface area (Å²) in [5.74, 6) is -0.423. The van der Waals surface area contributed by atoms with Crippen LogP contribution in [0.25, 0.3) is 0 Å². The molecule has 1 unspecified atom stereocenters. The van der Waals surface area contributed by atoms with Crippen LogP contribution in [0.3, 0.4) is 0 Å². The van der Waals surface area contributed by atoms with Gasteiger partial charge in [0.05, 0.1) is 5.02 Å². The van der Waals surface area contributed by atoms with Gasteiger partial charge in [0, 0.05) is 11.1 Å². The first-order valence-electron chi connectivity index (χ1n) is 5.93. The molecule has 2 rings (SSSR count). The Morgan fingerprint density at radius 1 is 1.21 bits per heavy atom. The second-order valence-electron chi connectivity index (χ2n) is 4.53. The fourth-order valence-corrected chi connectivity index (χ4v) is 2.29. The molecule has 0 aliphatic carbocycles. The van der Waals surface area contributed by atoms with Crippen LogP contribution in [0.5, 0.6) is 0 Å². The van der Waals surface area contributed by atoms with Crippen LogP contribution in [0.4, 0.5) is 4.39 Å². The maximum Gasteiger partial charge on any atom is 0.142 e. The third-order valence-electron chi connectivity index (χ3n) is 3.10. The number of hydrogen-bond acceptors (Lipinski definition) is 1. The highest BCUT2D eigenvalue weighted by Crippen LogP contribution is 2.26. The van der Waals surface area contributed by atoms with Crippen molar-refractivity contribution in [2.75, 3.05) is 0 Å². The first-order valence-corrected chi connectivity index (χ1v) is 6.69. The standard InChI is InChI=1S/C15H14Cl2FN/c1-9-5-6-10(7-12(9)16)14(19)8-11-3-2-4-13(18)15(11)17/h2-7,14H,8,19H2,1H3. The maximum atomic E-state index is 13.4. The highest BCUT2D eigenvalue weighted by molar-refractivity contribution is 6.31. The maximum absolute atomic E-state index is 13.4. The lowest BCUT2D eigenvalue weighted by Gasteiger charge is -2.14. The van der Waals surface area contributed by atoms with Gasteiger partial charge < -0.3 is 5.73 Å². The van der Waals surface area contributed by atoms with Crippen molar-refractivity contribution in [3.8, 4) is 0 Å². The minimum atomic E-state index is -0.423. The molecule has 1 atom stereocenters. The summed E-state index contributed by atoms with van der Waals surface area (Å²) in [4.78, 5) is 0. The Balaban J connectivity index is 2.23. The Morgan fingerprint density at radius 3 is 2.63 bits per heavy atom. The average Bonchev–Trinajstić information content (AvgIpc) is 2.38. The smallest absolute Gasteiger partial charge is 0.142 e. The number of aryl methyl sites for hydroxylation is 1. The Hall–Kier alpha value is -1.09. The molecule has 0 aliphatic rings. The van der Waals surface area contributed by atoms with Crippen LogP contribution in [-0.2, 0) is 6.42 Å². The zero-order chi connectivity index (χ0) is 14.0. The molecule has 0 fully saturated rings. The Kier molecular flexibility index (Phi) is 4.46. The van der Waals surface area contributed by atoms with Crippen molar-refractivity contribution in [3.05, 3.63) is 69.0 Å². The van der Waals surface area contributed by atoms with E-state index in [1.807, 2.05) is 25.1 Å². The van der Waals surface area contributed by atoms with Gasteiger partial charge in [0.25, 0.3) is 0 Å². The molecule has 1 nitrogen and oxygen atoms in total. The summed E-state index contributed by atoms with van der Waals surface area (Å²) in [6.07, 6.45) is 0.468. The summed E-state index contributed by atoms with van der Waals surface area (Å²) in [6, 6.07) is 10.2. The Labute approximate surface area is 122 Å². The first kappa shape index (κ1) is 14.3. The minimum Gasteiger partial charge on any atom is -0.324 e. The fraction of sp³-hybridized carbons (Fsp3) is 0.200. The van der Waals surface area contributed by atoms with Crippen molar-refractivity contribution in [2.24, 2.45) is 5.73 Å². The van der Waals surface area contributed by atoms with E-state index in [1.165, 1.54) is 6.07 Å². The molecule has 2 aromatic carbocycles. The van der Waals surface area contributed by atoms with Crippen molar-refractivity contribution in [3.63, 3.8) is 0 Å². The molecule has 19 heavy (non-hydrogen) atoms.